The van der Waals surface area contributed by atoms with Crippen molar-refractivity contribution in [3.63, 3.8) is 0 Å². The molecule has 4 rings (SSSR count). The summed E-state index contributed by atoms with van der Waals surface area (Å²) in [4.78, 5) is 1.38. The van der Waals surface area contributed by atoms with Crippen molar-refractivity contribution in [1.82, 2.24) is 4.57 Å². The maximum Gasteiger partial charge on any atom is 0.119 e. The number of hydrogen-bond donors (Lipinski definition) is 0. The molecule has 0 saturated heterocycles. The molecule has 21 heavy (non-hydrogen) atoms. The van der Waals surface area contributed by atoms with Crippen LogP contribution in [0.5, 0.6) is 5.75 Å². The van der Waals surface area contributed by atoms with E-state index >= 15 is 0 Å². The van der Waals surface area contributed by atoms with Crippen LogP contribution < -0.4 is 4.74 Å². The third kappa shape index (κ3) is 1.80. The quantitative estimate of drug-likeness (QED) is 0.664. The molecule has 106 valence electrons. The first-order valence-electron chi connectivity index (χ1n) is 7.24. The van der Waals surface area contributed by atoms with Gasteiger partial charge in [-0.1, -0.05) is 18.2 Å². The largest absolute Gasteiger partial charge is 0.497 e. The van der Waals surface area contributed by atoms with Crippen LogP contribution in [-0.2, 0) is 12.3 Å². The van der Waals surface area contributed by atoms with Crippen LogP contribution in [0.4, 0.5) is 0 Å². The van der Waals surface area contributed by atoms with E-state index in [0.29, 0.717) is 0 Å². The van der Waals surface area contributed by atoms with Crippen molar-refractivity contribution in [1.29, 1.82) is 0 Å². The zero-order chi connectivity index (χ0) is 14.4. The average Bonchev–Trinajstić information content (AvgIpc) is 2.88. The molecule has 0 bridgehead atoms. The van der Waals surface area contributed by atoms with Crippen LogP contribution in [0.3, 0.4) is 0 Å². The molecule has 2 nitrogen and oxygen atoms in total. The van der Waals surface area contributed by atoms with Crippen LogP contribution in [0.2, 0.25) is 0 Å². The fourth-order valence-corrected chi connectivity index (χ4v) is 4.34. The molecular formula is C18H17NOS. The highest BCUT2D eigenvalue weighted by Gasteiger charge is 2.24. The van der Waals surface area contributed by atoms with Crippen molar-refractivity contribution in [2.45, 2.75) is 24.1 Å². The van der Waals surface area contributed by atoms with Crippen LogP contribution in [-0.4, -0.2) is 11.7 Å². The van der Waals surface area contributed by atoms with Gasteiger partial charge in [-0.15, -0.1) is 11.8 Å². The number of methoxy groups -OCH3 is 1. The highest BCUT2D eigenvalue weighted by molar-refractivity contribution is 7.98. The Bertz CT molecular complexity index is 835. The van der Waals surface area contributed by atoms with Gasteiger partial charge in [-0.3, -0.25) is 0 Å². The fraction of sp³-hybridized carbons (Fsp3) is 0.222. The summed E-state index contributed by atoms with van der Waals surface area (Å²) in [5.74, 6) is 1.96. The van der Waals surface area contributed by atoms with Gasteiger partial charge in [0.2, 0.25) is 0 Å². The van der Waals surface area contributed by atoms with Crippen LogP contribution >= 0.6 is 11.8 Å². The molecular weight excluding hydrogens is 278 g/mol. The first-order valence-corrected chi connectivity index (χ1v) is 8.23. The number of hydrogen-bond acceptors (Lipinski definition) is 2. The fourth-order valence-electron chi connectivity index (χ4n) is 3.25. The lowest BCUT2D eigenvalue weighted by Crippen LogP contribution is -2.01. The van der Waals surface area contributed by atoms with Gasteiger partial charge < -0.3 is 9.30 Å². The van der Waals surface area contributed by atoms with Gasteiger partial charge in [0, 0.05) is 33.7 Å². The number of aryl methyl sites for hydroxylation is 1. The van der Waals surface area contributed by atoms with E-state index in [9.17, 15) is 0 Å². The molecule has 0 saturated carbocycles. The molecule has 1 aliphatic heterocycles. The van der Waals surface area contributed by atoms with Crippen molar-refractivity contribution >= 4 is 22.7 Å². The Morgan fingerprint density at radius 2 is 2.05 bits per heavy atom. The van der Waals surface area contributed by atoms with Gasteiger partial charge in [0.05, 0.1) is 12.8 Å². The standard InChI is InChI=1S/C18H17NOS/c1-3-19-16-9-8-12(20-2)10-14(16)15-11-21-17-7-5-4-6-13(17)18(15)19/h4-10H,3,11H2,1-2H3. The lowest BCUT2D eigenvalue weighted by molar-refractivity contribution is 0.415. The van der Waals surface area contributed by atoms with Gasteiger partial charge in [-0.2, -0.15) is 0 Å². The molecule has 1 aromatic heterocycles. The molecule has 0 N–H and O–H groups in total. The maximum atomic E-state index is 5.41. The summed E-state index contributed by atoms with van der Waals surface area (Å²) >= 11 is 1.93. The third-order valence-corrected chi connectivity index (χ3v) is 5.31. The van der Waals surface area contributed by atoms with Crippen molar-refractivity contribution in [2.75, 3.05) is 7.11 Å². The van der Waals surface area contributed by atoms with E-state index < -0.39 is 0 Å². The molecule has 2 aromatic carbocycles. The second-order valence-electron chi connectivity index (χ2n) is 5.24. The molecule has 0 atom stereocenters. The predicted octanol–water partition coefficient (Wildman–Crippen LogP) is 4.94. The first-order chi connectivity index (χ1) is 10.3. The van der Waals surface area contributed by atoms with Crippen molar-refractivity contribution in [3.05, 3.63) is 48.0 Å². The van der Waals surface area contributed by atoms with Crippen LogP contribution in [0.15, 0.2) is 47.4 Å². The van der Waals surface area contributed by atoms with Crippen molar-refractivity contribution < 1.29 is 4.74 Å². The highest BCUT2D eigenvalue weighted by Crippen LogP contribution is 2.46. The Kier molecular flexibility index (Phi) is 2.96. The first kappa shape index (κ1) is 12.8. The van der Waals surface area contributed by atoms with Gasteiger partial charge in [0.25, 0.3) is 0 Å². The third-order valence-electron chi connectivity index (χ3n) is 4.21. The summed E-state index contributed by atoms with van der Waals surface area (Å²) in [5.41, 5.74) is 5.49. The minimum absolute atomic E-state index is 0.933. The second kappa shape index (κ2) is 4.85. The van der Waals surface area contributed by atoms with Crippen LogP contribution in [0, 0.1) is 0 Å². The minimum Gasteiger partial charge on any atom is -0.497 e. The Morgan fingerprint density at radius 1 is 1.19 bits per heavy atom. The van der Waals surface area contributed by atoms with E-state index in [1.807, 2.05) is 11.8 Å². The monoisotopic (exact) mass is 295 g/mol. The summed E-state index contributed by atoms with van der Waals surface area (Å²) in [6, 6.07) is 15.1. The molecule has 0 fully saturated rings. The lowest BCUT2D eigenvalue weighted by Gasteiger charge is -2.18. The van der Waals surface area contributed by atoms with E-state index in [-0.39, 0.29) is 0 Å². The molecule has 3 aromatic rings. The Morgan fingerprint density at radius 3 is 2.86 bits per heavy atom. The average molecular weight is 295 g/mol. The second-order valence-corrected chi connectivity index (χ2v) is 6.26. The molecule has 0 aliphatic carbocycles. The van der Waals surface area contributed by atoms with Gasteiger partial charge in [0.1, 0.15) is 5.75 Å². The molecule has 3 heteroatoms. The summed E-state index contributed by atoms with van der Waals surface area (Å²) in [6.45, 7) is 3.20. The number of aromatic nitrogens is 1. The van der Waals surface area contributed by atoms with E-state index in [1.54, 1.807) is 7.11 Å². The van der Waals surface area contributed by atoms with E-state index in [4.69, 9.17) is 4.74 Å². The normalized spacial score (nSPS) is 13.0. The number of benzene rings is 2. The number of nitrogens with zero attached hydrogens (tertiary/aromatic N) is 1. The smallest absolute Gasteiger partial charge is 0.119 e. The number of fused-ring (bicyclic) bond motifs is 5. The SMILES string of the molecule is CCn1c2c(c3cc(OC)ccc31)CSc1ccccc1-2. The zero-order valence-corrected chi connectivity index (χ0v) is 13.0. The van der Waals surface area contributed by atoms with Gasteiger partial charge in [-0.05, 0) is 36.8 Å². The maximum absolute atomic E-state index is 5.41. The summed E-state index contributed by atoms with van der Waals surface area (Å²) in [6.07, 6.45) is 0. The minimum atomic E-state index is 0.933. The predicted molar refractivity (Wildman–Crippen MR) is 89.2 cm³/mol. The number of rotatable bonds is 2. The molecule has 0 amide bonds. The molecule has 0 spiro atoms. The lowest BCUT2D eigenvalue weighted by atomic mass is 10.1. The molecule has 0 radical (unpaired) electrons. The highest BCUT2D eigenvalue weighted by atomic mass is 32.2. The van der Waals surface area contributed by atoms with Gasteiger partial charge in [-0.25, -0.2) is 0 Å². The summed E-state index contributed by atoms with van der Waals surface area (Å²) in [5, 5.41) is 1.33. The van der Waals surface area contributed by atoms with Crippen LogP contribution in [0.1, 0.15) is 12.5 Å². The molecule has 1 aliphatic rings. The number of thioether (sulfide) groups is 1. The van der Waals surface area contributed by atoms with Crippen LogP contribution in [0.25, 0.3) is 22.2 Å². The summed E-state index contributed by atoms with van der Waals surface area (Å²) < 4.78 is 7.84. The Balaban J connectivity index is 2.10. The van der Waals surface area contributed by atoms with Gasteiger partial charge in [0.15, 0.2) is 0 Å². The molecule has 0 unspecified atom stereocenters. The van der Waals surface area contributed by atoms with E-state index in [0.717, 1.165) is 18.0 Å². The number of ether oxygens (including phenoxy) is 1. The van der Waals surface area contributed by atoms with Crippen molar-refractivity contribution in [2.24, 2.45) is 0 Å². The summed E-state index contributed by atoms with van der Waals surface area (Å²) in [7, 11) is 1.73. The topological polar surface area (TPSA) is 14.2 Å². The molecule has 2 heterocycles. The van der Waals surface area contributed by atoms with Crippen molar-refractivity contribution in [3.8, 4) is 17.0 Å². The van der Waals surface area contributed by atoms with E-state index in [1.165, 1.54) is 32.6 Å². The Labute approximate surface area is 128 Å². The Hall–Kier alpha value is -1.87. The van der Waals surface area contributed by atoms with E-state index in [2.05, 4.69) is 54.0 Å². The van der Waals surface area contributed by atoms with Gasteiger partial charge >= 0.3 is 0 Å². The zero-order valence-electron chi connectivity index (χ0n) is 12.2.